The zero-order valence-corrected chi connectivity index (χ0v) is 21.8. The fourth-order valence-electron chi connectivity index (χ4n) is 2.81. The van der Waals surface area contributed by atoms with Gasteiger partial charge in [-0.2, -0.15) is 0 Å². The second-order valence-electron chi connectivity index (χ2n) is 8.17. The van der Waals surface area contributed by atoms with E-state index in [-0.39, 0.29) is 17.4 Å². The van der Waals surface area contributed by atoms with Crippen molar-refractivity contribution in [3.63, 3.8) is 0 Å². The average molecular weight is 481 g/mol. The lowest BCUT2D eigenvalue weighted by atomic mass is 9.92. The first-order chi connectivity index (χ1) is 15.7. The van der Waals surface area contributed by atoms with Gasteiger partial charge in [-0.1, -0.05) is 34.6 Å². The maximum Gasteiger partial charge on any atom is 0.223 e. The van der Waals surface area contributed by atoms with E-state index in [1.807, 2.05) is 20.8 Å². The van der Waals surface area contributed by atoms with Gasteiger partial charge in [-0.15, -0.1) is 11.3 Å². The minimum atomic E-state index is -0.302. The molecule has 3 heterocycles. The Morgan fingerprint density at radius 1 is 1.27 bits per heavy atom. The van der Waals surface area contributed by atoms with Crippen molar-refractivity contribution < 1.29 is 14.7 Å². The molecule has 1 unspecified atom stereocenters. The second kappa shape index (κ2) is 16.2. The molecule has 0 aliphatic carbocycles. The van der Waals surface area contributed by atoms with Crippen molar-refractivity contribution in [3.05, 3.63) is 29.4 Å². The Hall–Kier alpha value is -2.43. The molecule has 33 heavy (non-hydrogen) atoms. The first-order valence-electron chi connectivity index (χ1n) is 11.1. The van der Waals surface area contributed by atoms with Crippen LogP contribution in [0.15, 0.2) is 17.9 Å². The summed E-state index contributed by atoms with van der Waals surface area (Å²) in [6.45, 7) is 13.7. The molecule has 4 N–H and O–H groups in total. The molecule has 3 rings (SSSR count). The number of nitrogens with two attached hydrogens (primary N) is 1. The topological polar surface area (TPSA) is 134 Å². The summed E-state index contributed by atoms with van der Waals surface area (Å²) >= 11 is 1.56. The number of β-amino-alcohol motifs (C(OH)–C–C–N with tert-alkyl or cyclic N) is 1. The monoisotopic (exact) mass is 480 g/mol. The number of rotatable bonds is 5. The number of carbonyl (C=O) groups excluding carboxylic acids is 2. The third-order valence-corrected chi connectivity index (χ3v) is 5.23. The van der Waals surface area contributed by atoms with Crippen molar-refractivity contribution in [2.24, 2.45) is 11.1 Å². The van der Waals surface area contributed by atoms with Crippen molar-refractivity contribution in [1.82, 2.24) is 25.2 Å². The minimum Gasteiger partial charge on any atom is -0.391 e. The van der Waals surface area contributed by atoms with Crippen molar-refractivity contribution >= 4 is 23.7 Å². The van der Waals surface area contributed by atoms with Crippen LogP contribution in [-0.4, -0.2) is 63.5 Å². The third kappa shape index (κ3) is 11.8. The lowest BCUT2D eigenvalue weighted by Gasteiger charge is -2.22. The molecule has 10 heteroatoms. The van der Waals surface area contributed by atoms with Gasteiger partial charge in [0.25, 0.3) is 0 Å². The number of aryl methyl sites for hydroxylation is 1. The van der Waals surface area contributed by atoms with Crippen LogP contribution in [0, 0.1) is 12.3 Å². The van der Waals surface area contributed by atoms with E-state index < -0.39 is 0 Å². The minimum absolute atomic E-state index is 0.0463. The molecule has 1 aliphatic rings. The summed E-state index contributed by atoms with van der Waals surface area (Å²) in [6.07, 6.45) is 5.12. The van der Waals surface area contributed by atoms with E-state index in [2.05, 4.69) is 46.8 Å². The van der Waals surface area contributed by atoms with Crippen LogP contribution in [0.25, 0.3) is 10.4 Å². The lowest BCUT2D eigenvalue weighted by molar-refractivity contribution is -0.132. The number of likely N-dealkylation sites (tertiary alicyclic amines) is 1. The highest BCUT2D eigenvalue weighted by Gasteiger charge is 2.27. The Balaban J connectivity index is 0.000000549. The van der Waals surface area contributed by atoms with Crippen molar-refractivity contribution in [2.45, 2.75) is 67.0 Å². The molecule has 2 aromatic rings. The number of aliphatic hydroxyl groups is 1. The Morgan fingerprint density at radius 2 is 1.88 bits per heavy atom. The van der Waals surface area contributed by atoms with Gasteiger partial charge in [-0.05, 0) is 25.8 Å². The van der Waals surface area contributed by atoms with Gasteiger partial charge in [0.05, 0.1) is 28.7 Å². The standard InChI is InChI=1S/C10H10N4OS.C10H19NO2.C2H6.CH5N/c1-7-10(16-6-14-7)8-2-12-9(13-3-8)4-11-5-15;1-10(2,3)6-9(13)11-5-4-8(12)7-11;2*1-2/h2-3,5-6H,4H2,1H3,(H,11,15);8,12H,4-7H2,1-3H3;1-2H3;2H2,1H3. The van der Waals surface area contributed by atoms with Crippen LogP contribution in [0.4, 0.5) is 0 Å². The SMILES string of the molecule is CC.CC(C)(C)CC(=O)N1CCC(O)C1.CN.Cc1ncsc1-c1cnc(CNC=O)nc1. The molecule has 1 aliphatic heterocycles. The van der Waals surface area contributed by atoms with Crippen LogP contribution in [0.5, 0.6) is 0 Å². The van der Waals surface area contributed by atoms with Gasteiger partial charge < -0.3 is 21.1 Å². The number of nitrogens with one attached hydrogen (secondary N) is 1. The highest BCUT2D eigenvalue weighted by molar-refractivity contribution is 7.13. The van der Waals surface area contributed by atoms with E-state index >= 15 is 0 Å². The maximum atomic E-state index is 11.6. The summed E-state index contributed by atoms with van der Waals surface area (Å²) in [7, 11) is 1.50. The van der Waals surface area contributed by atoms with E-state index in [0.717, 1.165) is 29.1 Å². The molecular formula is C23H40N6O3S. The highest BCUT2D eigenvalue weighted by atomic mass is 32.1. The number of nitrogens with zero attached hydrogens (tertiary/aromatic N) is 4. The predicted molar refractivity (Wildman–Crippen MR) is 134 cm³/mol. The van der Waals surface area contributed by atoms with Gasteiger partial charge in [0.15, 0.2) is 0 Å². The van der Waals surface area contributed by atoms with Crippen LogP contribution in [0.1, 0.15) is 59.0 Å². The number of hydrogen-bond acceptors (Lipinski definition) is 8. The van der Waals surface area contributed by atoms with Crippen LogP contribution in [0.3, 0.4) is 0 Å². The number of carbonyl (C=O) groups is 2. The second-order valence-corrected chi connectivity index (χ2v) is 9.03. The molecule has 0 aromatic carbocycles. The van der Waals surface area contributed by atoms with Gasteiger partial charge in [0.2, 0.25) is 12.3 Å². The predicted octanol–water partition coefficient (Wildman–Crippen LogP) is 2.77. The molecule has 186 valence electrons. The zero-order chi connectivity index (χ0) is 25.4. The zero-order valence-electron chi connectivity index (χ0n) is 21.0. The summed E-state index contributed by atoms with van der Waals surface area (Å²) in [6, 6.07) is 0. The van der Waals surface area contributed by atoms with E-state index in [4.69, 9.17) is 0 Å². The molecule has 1 saturated heterocycles. The number of amides is 2. The van der Waals surface area contributed by atoms with Crippen LogP contribution in [0.2, 0.25) is 0 Å². The summed E-state index contributed by atoms with van der Waals surface area (Å²) in [5, 5.41) is 11.8. The Labute approximate surface area is 201 Å². The fourth-order valence-corrected chi connectivity index (χ4v) is 3.59. The Morgan fingerprint density at radius 3 is 2.30 bits per heavy atom. The molecule has 0 bridgehead atoms. The quantitative estimate of drug-likeness (QED) is 0.560. The molecule has 2 amide bonds. The third-order valence-electron chi connectivity index (χ3n) is 4.25. The van der Waals surface area contributed by atoms with E-state index in [1.54, 1.807) is 34.1 Å². The van der Waals surface area contributed by atoms with Crippen LogP contribution < -0.4 is 11.1 Å². The first-order valence-corrected chi connectivity index (χ1v) is 12.0. The molecule has 1 fully saturated rings. The average Bonchev–Trinajstić information content (AvgIpc) is 3.43. The maximum absolute atomic E-state index is 11.6. The van der Waals surface area contributed by atoms with Gasteiger partial charge in [0, 0.05) is 37.5 Å². The van der Waals surface area contributed by atoms with Crippen LogP contribution in [-0.2, 0) is 16.1 Å². The van der Waals surface area contributed by atoms with E-state index in [1.165, 1.54) is 7.05 Å². The van der Waals surface area contributed by atoms with Crippen molar-refractivity contribution in [2.75, 3.05) is 20.1 Å². The summed E-state index contributed by atoms with van der Waals surface area (Å²) in [5.41, 5.74) is 8.28. The Bertz CT molecular complexity index is 805. The number of aliphatic hydroxyl groups excluding tert-OH is 1. The van der Waals surface area contributed by atoms with Gasteiger partial charge in [-0.3, -0.25) is 9.59 Å². The van der Waals surface area contributed by atoms with Gasteiger partial charge in [0.1, 0.15) is 5.82 Å². The molecule has 2 aromatic heterocycles. The van der Waals surface area contributed by atoms with E-state index in [9.17, 15) is 14.7 Å². The fraction of sp³-hybridized carbons (Fsp3) is 0.609. The number of hydrogen-bond donors (Lipinski definition) is 3. The number of thiazole rings is 1. The largest absolute Gasteiger partial charge is 0.391 e. The molecule has 0 spiro atoms. The summed E-state index contributed by atoms with van der Waals surface area (Å²) in [4.78, 5) is 37.1. The lowest BCUT2D eigenvalue weighted by Crippen LogP contribution is -2.32. The van der Waals surface area contributed by atoms with E-state index in [0.29, 0.717) is 31.7 Å². The molecule has 9 nitrogen and oxygen atoms in total. The van der Waals surface area contributed by atoms with Gasteiger partial charge >= 0.3 is 0 Å². The van der Waals surface area contributed by atoms with Crippen molar-refractivity contribution in [1.29, 1.82) is 0 Å². The summed E-state index contributed by atoms with van der Waals surface area (Å²) in [5.74, 6) is 0.766. The molecule has 1 atom stereocenters. The molecular weight excluding hydrogens is 440 g/mol. The Kier molecular flexibility index (Phi) is 15.0. The van der Waals surface area contributed by atoms with Gasteiger partial charge in [-0.25, -0.2) is 15.0 Å². The number of aromatic nitrogens is 3. The van der Waals surface area contributed by atoms with Crippen LogP contribution >= 0.6 is 11.3 Å². The molecule has 0 saturated carbocycles. The summed E-state index contributed by atoms with van der Waals surface area (Å²) < 4.78 is 0. The molecule has 0 radical (unpaired) electrons. The van der Waals surface area contributed by atoms with Crippen molar-refractivity contribution in [3.8, 4) is 10.4 Å². The first kappa shape index (κ1) is 30.6. The smallest absolute Gasteiger partial charge is 0.223 e. The highest BCUT2D eigenvalue weighted by Crippen LogP contribution is 2.25. The normalized spacial score (nSPS) is 14.6.